The quantitative estimate of drug-likeness (QED) is 0.925. The van der Waals surface area contributed by atoms with Crippen LogP contribution in [0.1, 0.15) is 36.8 Å². The zero-order valence-electron chi connectivity index (χ0n) is 11.5. The lowest BCUT2D eigenvalue weighted by atomic mass is 10.0. The van der Waals surface area contributed by atoms with Crippen molar-refractivity contribution in [3.63, 3.8) is 0 Å². The predicted octanol–water partition coefficient (Wildman–Crippen LogP) is 3.49. The highest BCUT2D eigenvalue weighted by molar-refractivity contribution is 5.44. The lowest BCUT2D eigenvalue weighted by Gasteiger charge is -2.23. The summed E-state index contributed by atoms with van der Waals surface area (Å²) in [5.74, 6) is 0.301. The van der Waals surface area contributed by atoms with Crippen LogP contribution in [0.15, 0.2) is 18.2 Å². The Kier molecular flexibility index (Phi) is 5.07. The van der Waals surface area contributed by atoms with Gasteiger partial charge in [-0.2, -0.15) is 18.4 Å². The van der Waals surface area contributed by atoms with Gasteiger partial charge in [0.05, 0.1) is 23.8 Å². The molecular formula is C15H17F3N2O. The van der Waals surface area contributed by atoms with Crippen molar-refractivity contribution >= 4 is 0 Å². The van der Waals surface area contributed by atoms with E-state index in [9.17, 15) is 13.2 Å². The third-order valence-electron chi connectivity index (χ3n) is 3.56. The second-order valence-corrected chi connectivity index (χ2v) is 5.10. The fourth-order valence-corrected chi connectivity index (χ4v) is 2.44. The number of hydrogen-bond acceptors (Lipinski definition) is 3. The van der Waals surface area contributed by atoms with Gasteiger partial charge in [0, 0.05) is 6.04 Å². The summed E-state index contributed by atoms with van der Waals surface area (Å²) < 4.78 is 43.4. The van der Waals surface area contributed by atoms with Gasteiger partial charge < -0.3 is 10.1 Å². The van der Waals surface area contributed by atoms with Gasteiger partial charge in [-0.05, 0) is 44.0 Å². The van der Waals surface area contributed by atoms with E-state index in [4.69, 9.17) is 10.00 Å². The van der Waals surface area contributed by atoms with Crippen LogP contribution in [-0.4, -0.2) is 19.2 Å². The van der Waals surface area contributed by atoms with E-state index in [1.165, 1.54) is 18.9 Å². The molecule has 114 valence electrons. The Morgan fingerprint density at radius 1 is 1.33 bits per heavy atom. The van der Waals surface area contributed by atoms with Crippen molar-refractivity contribution in [3.05, 3.63) is 29.3 Å². The largest absolute Gasteiger partial charge is 0.493 e. The highest BCUT2D eigenvalue weighted by atomic mass is 19.4. The molecule has 0 aliphatic carbocycles. The fourth-order valence-electron chi connectivity index (χ4n) is 2.44. The number of piperidine rings is 1. The highest BCUT2D eigenvalue weighted by Gasteiger charge is 2.33. The van der Waals surface area contributed by atoms with Crippen LogP contribution in [0.5, 0.6) is 5.75 Å². The summed E-state index contributed by atoms with van der Waals surface area (Å²) in [7, 11) is 0. The number of rotatable bonds is 4. The fraction of sp³-hybridized carbons (Fsp3) is 0.533. The normalized spacial score (nSPS) is 19.0. The Labute approximate surface area is 121 Å². The van der Waals surface area contributed by atoms with Crippen molar-refractivity contribution in [2.24, 2.45) is 0 Å². The van der Waals surface area contributed by atoms with Gasteiger partial charge in [-0.15, -0.1) is 0 Å². The number of nitrogens with zero attached hydrogens (tertiary/aromatic N) is 1. The van der Waals surface area contributed by atoms with Crippen molar-refractivity contribution in [3.8, 4) is 11.8 Å². The molecule has 1 aromatic carbocycles. The van der Waals surface area contributed by atoms with Crippen molar-refractivity contribution in [1.29, 1.82) is 5.26 Å². The van der Waals surface area contributed by atoms with Gasteiger partial charge >= 0.3 is 6.18 Å². The summed E-state index contributed by atoms with van der Waals surface area (Å²) in [6, 6.07) is 5.28. The smallest absolute Gasteiger partial charge is 0.417 e. The van der Waals surface area contributed by atoms with Gasteiger partial charge in [0.1, 0.15) is 5.75 Å². The molecule has 21 heavy (non-hydrogen) atoms. The molecular weight excluding hydrogens is 281 g/mol. The second-order valence-electron chi connectivity index (χ2n) is 5.10. The van der Waals surface area contributed by atoms with E-state index >= 15 is 0 Å². The summed E-state index contributed by atoms with van der Waals surface area (Å²) in [5, 5.41) is 12.2. The summed E-state index contributed by atoms with van der Waals surface area (Å²) in [6.45, 7) is 1.43. The van der Waals surface area contributed by atoms with Crippen molar-refractivity contribution in [2.75, 3.05) is 13.2 Å². The third-order valence-corrected chi connectivity index (χ3v) is 3.56. The first-order valence-corrected chi connectivity index (χ1v) is 6.98. The molecule has 0 radical (unpaired) electrons. The molecule has 1 aliphatic rings. The molecule has 1 aliphatic heterocycles. The van der Waals surface area contributed by atoms with Crippen molar-refractivity contribution in [1.82, 2.24) is 5.32 Å². The average Bonchev–Trinajstić information content (AvgIpc) is 2.47. The molecule has 1 N–H and O–H groups in total. The third kappa shape index (κ3) is 4.36. The second kappa shape index (κ2) is 6.81. The molecule has 1 saturated heterocycles. The summed E-state index contributed by atoms with van der Waals surface area (Å²) in [5.41, 5.74) is -1.33. The lowest BCUT2D eigenvalue weighted by Crippen LogP contribution is -2.35. The molecule has 1 fully saturated rings. The minimum Gasteiger partial charge on any atom is -0.493 e. The van der Waals surface area contributed by atoms with Crippen LogP contribution in [0.3, 0.4) is 0 Å². The first-order chi connectivity index (χ1) is 10.0. The van der Waals surface area contributed by atoms with E-state index in [1.54, 1.807) is 6.07 Å². The zero-order valence-corrected chi connectivity index (χ0v) is 11.5. The van der Waals surface area contributed by atoms with Gasteiger partial charge in [0.2, 0.25) is 0 Å². The van der Waals surface area contributed by atoms with Crippen LogP contribution < -0.4 is 10.1 Å². The van der Waals surface area contributed by atoms with E-state index in [0.717, 1.165) is 31.5 Å². The van der Waals surface area contributed by atoms with Crippen LogP contribution in [0, 0.1) is 11.3 Å². The highest BCUT2D eigenvalue weighted by Crippen LogP contribution is 2.33. The van der Waals surface area contributed by atoms with Gasteiger partial charge in [0.25, 0.3) is 0 Å². The van der Waals surface area contributed by atoms with Gasteiger partial charge in [-0.1, -0.05) is 6.42 Å². The maximum atomic E-state index is 12.7. The molecule has 2 rings (SSSR count). The van der Waals surface area contributed by atoms with E-state index in [1.807, 2.05) is 0 Å². The number of benzene rings is 1. The maximum absolute atomic E-state index is 12.7. The van der Waals surface area contributed by atoms with E-state index in [0.29, 0.717) is 18.4 Å². The number of ether oxygens (including phenoxy) is 1. The van der Waals surface area contributed by atoms with Gasteiger partial charge in [0.15, 0.2) is 0 Å². The molecule has 3 nitrogen and oxygen atoms in total. The standard InChI is InChI=1S/C15H17F3N2O/c16-15(17,18)14-5-4-13(9-11(14)10-19)21-8-6-12-3-1-2-7-20-12/h4-5,9,12,20H,1-3,6-8H2. The van der Waals surface area contributed by atoms with Gasteiger partial charge in [-0.25, -0.2) is 0 Å². The van der Waals surface area contributed by atoms with Crippen LogP contribution in [0.25, 0.3) is 0 Å². The molecule has 0 aromatic heterocycles. The van der Waals surface area contributed by atoms with Crippen molar-refractivity contribution in [2.45, 2.75) is 37.9 Å². The summed E-state index contributed by atoms with van der Waals surface area (Å²) >= 11 is 0. The molecule has 0 spiro atoms. The SMILES string of the molecule is N#Cc1cc(OCCC2CCCCN2)ccc1C(F)(F)F. The van der Waals surface area contributed by atoms with E-state index in [2.05, 4.69) is 5.32 Å². The monoisotopic (exact) mass is 298 g/mol. The Morgan fingerprint density at radius 2 is 2.14 bits per heavy atom. The predicted molar refractivity (Wildman–Crippen MR) is 71.9 cm³/mol. The van der Waals surface area contributed by atoms with Crippen LogP contribution in [0.2, 0.25) is 0 Å². The minimum absolute atomic E-state index is 0.301. The topological polar surface area (TPSA) is 45.0 Å². The van der Waals surface area contributed by atoms with Gasteiger partial charge in [-0.3, -0.25) is 0 Å². The molecule has 1 aromatic rings. The number of nitriles is 1. The van der Waals surface area contributed by atoms with Crippen LogP contribution in [0.4, 0.5) is 13.2 Å². The maximum Gasteiger partial charge on any atom is 0.417 e. The van der Waals surface area contributed by atoms with Crippen LogP contribution >= 0.6 is 0 Å². The van der Waals surface area contributed by atoms with E-state index < -0.39 is 17.3 Å². The molecule has 1 atom stereocenters. The lowest BCUT2D eigenvalue weighted by molar-refractivity contribution is -0.137. The molecule has 6 heteroatoms. The molecule has 1 heterocycles. The average molecular weight is 298 g/mol. The Bertz CT molecular complexity index is 517. The first kappa shape index (κ1) is 15.6. The number of alkyl halides is 3. The van der Waals surface area contributed by atoms with E-state index in [-0.39, 0.29) is 0 Å². The molecule has 0 amide bonds. The Hall–Kier alpha value is -1.74. The number of hydrogen-bond donors (Lipinski definition) is 1. The minimum atomic E-state index is -4.52. The number of nitrogens with one attached hydrogen (secondary N) is 1. The Morgan fingerprint density at radius 3 is 2.76 bits per heavy atom. The molecule has 0 bridgehead atoms. The molecule has 1 unspecified atom stereocenters. The Balaban J connectivity index is 1.93. The summed E-state index contributed by atoms with van der Waals surface area (Å²) in [6.07, 6.45) is -0.239. The number of halogens is 3. The first-order valence-electron chi connectivity index (χ1n) is 6.98. The zero-order chi connectivity index (χ0) is 15.3. The van der Waals surface area contributed by atoms with Crippen LogP contribution in [-0.2, 0) is 6.18 Å². The summed E-state index contributed by atoms with van der Waals surface area (Å²) in [4.78, 5) is 0. The molecule has 0 saturated carbocycles. The van der Waals surface area contributed by atoms with Crippen molar-refractivity contribution < 1.29 is 17.9 Å².